The van der Waals surface area contributed by atoms with Gasteiger partial charge in [-0.2, -0.15) is 0 Å². The molecule has 1 amide bonds. The maximum absolute atomic E-state index is 14.2. The van der Waals surface area contributed by atoms with Gasteiger partial charge in [-0.3, -0.25) is 9.59 Å². The number of likely N-dealkylation sites (tertiary alicyclic amines) is 1. The van der Waals surface area contributed by atoms with Crippen LogP contribution in [0.2, 0.25) is 5.02 Å². The van der Waals surface area contributed by atoms with E-state index in [1.165, 1.54) is 0 Å². The number of hydrogen-bond acceptors (Lipinski definition) is 3. The number of amides is 1. The van der Waals surface area contributed by atoms with Gasteiger partial charge in [0, 0.05) is 24.5 Å². The molecule has 1 fully saturated rings. The highest BCUT2D eigenvalue weighted by atomic mass is 35.5. The number of esters is 1. The van der Waals surface area contributed by atoms with Crippen LogP contribution in [0.25, 0.3) is 0 Å². The standard InChI is InChI=1S/C35H34ClNO3/c1-2-40-33(39)34(27-18-20-31(36)21-19-27)22-24-37(25-23-34)32(38)26-35(28-12-6-3-7-13-28,29-14-8-4-9-15-29)30-16-10-5-11-17-30/h3-21H,2,22-26H2,1H3. The highest BCUT2D eigenvalue weighted by molar-refractivity contribution is 6.30. The summed E-state index contributed by atoms with van der Waals surface area (Å²) >= 11 is 6.15. The molecular weight excluding hydrogens is 518 g/mol. The first-order valence-corrected chi connectivity index (χ1v) is 14.2. The topological polar surface area (TPSA) is 46.6 Å². The summed E-state index contributed by atoms with van der Waals surface area (Å²) in [7, 11) is 0. The van der Waals surface area contributed by atoms with Gasteiger partial charge in [0.2, 0.25) is 5.91 Å². The van der Waals surface area contributed by atoms with Crippen molar-refractivity contribution < 1.29 is 14.3 Å². The Morgan fingerprint density at radius 1 is 0.750 bits per heavy atom. The van der Waals surface area contributed by atoms with E-state index in [9.17, 15) is 9.59 Å². The number of rotatable bonds is 8. The number of benzene rings is 4. The van der Waals surface area contributed by atoms with Crippen LogP contribution < -0.4 is 0 Å². The van der Waals surface area contributed by atoms with Crippen LogP contribution in [-0.4, -0.2) is 36.5 Å². The number of hydrogen-bond donors (Lipinski definition) is 0. The second kappa shape index (κ2) is 12.1. The van der Waals surface area contributed by atoms with Gasteiger partial charge in [0.15, 0.2) is 0 Å². The number of carbonyl (C=O) groups is 2. The van der Waals surface area contributed by atoms with Crippen LogP contribution in [0.4, 0.5) is 0 Å². The van der Waals surface area contributed by atoms with E-state index in [0.717, 1.165) is 22.3 Å². The molecule has 4 aromatic carbocycles. The Bertz CT molecular complexity index is 1320. The van der Waals surface area contributed by atoms with E-state index in [-0.39, 0.29) is 18.3 Å². The third-order valence-electron chi connectivity index (χ3n) is 8.25. The highest BCUT2D eigenvalue weighted by Crippen LogP contribution is 2.44. The van der Waals surface area contributed by atoms with Gasteiger partial charge in [-0.05, 0) is 54.2 Å². The molecule has 1 aliphatic rings. The van der Waals surface area contributed by atoms with E-state index >= 15 is 0 Å². The Balaban J connectivity index is 1.49. The van der Waals surface area contributed by atoms with Crippen LogP contribution in [0.3, 0.4) is 0 Å². The number of nitrogens with zero attached hydrogens (tertiary/aromatic N) is 1. The van der Waals surface area contributed by atoms with Crippen molar-refractivity contribution in [3.05, 3.63) is 143 Å². The Morgan fingerprint density at radius 2 is 1.20 bits per heavy atom. The first-order chi connectivity index (χ1) is 19.5. The van der Waals surface area contributed by atoms with Crippen LogP contribution in [0, 0.1) is 0 Å². The van der Waals surface area contributed by atoms with Gasteiger partial charge in [0.25, 0.3) is 0 Å². The van der Waals surface area contributed by atoms with Gasteiger partial charge >= 0.3 is 5.97 Å². The molecule has 5 rings (SSSR count). The first kappa shape index (κ1) is 27.7. The monoisotopic (exact) mass is 551 g/mol. The molecular formula is C35H34ClNO3. The number of ether oxygens (including phenoxy) is 1. The van der Waals surface area contributed by atoms with Crippen molar-refractivity contribution in [2.45, 2.75) is 37.0 Å². The Morgan fingerprint density at radius 3 is 1.62 bits per heavy atom. The summed E-state index contributed by atoms with van der Waals surface area (Å²) in [6, 6.07) is 38.2. The first-order valence-electron chi connectivity index (χ1n) is 13.9. The van der Waals surface area contributed by atoms with Crippen LogP contribution in [0.15, 0.2) is 115 Å². The predicted molar refractivity (Wildman–Crippen MR) is 159 cm³/mol. The molecule has 0 radical (unpaired) electrons. The molecule has 40 heavy (non-hydrogen) atoms. The Labute approximate surface area is 241 Å². The van der Waals surface area contributed by atoms with Crippen molar-refractivity contribution in [3.63, 3.8) is 0 Å². The lowest BCUT2D eigenvalue weighted by atomic mass is 9.67. The van der Waals surface area contributed by atoms with E-state index in [1.807, 2.05) is 90.7 Å². The fraction of sp³-hybridized carbons (Fsp3) is 0.257. The fourth-order valence-corrected chi connectivity index (χ4v) is 6.23. The minimum Gasteiger partial charge on any atom is -0.465 e. The Hall–Kier alpha value is -3.89. The fourth-order valence-electron chi connectivity index (χ4n) is 6.10. The van der Waals surface area contributed by atoms with Gasteiger partial charge in [-0.15, -0.1) is 0 Å². The van der Waals surface area contributed by atoms with E-state index in [0.29, 0.717) is 37.6 Å². The zero-order valence-electron chi connectivity index (χ0n) is 22.8. The minimum atomic E-state index is -0.799. The normalized spacial score (nSPS) is 14.9. The average molecular weight is 552 g/mol. The quantitative estimate of drug-likeness (QED) is 0.172. The largest absolute Gasteiger partial charge is 0.465 e. The number of halogens is 1. The van der Waals surface area contributed by atoms with E-state index in [4.69, 9.17) is 16.3 Å². The van der Waals surface area contributed by atoms with Crippen LogP contribution in [0.1, 0.15) is 48.4 Å². The lowest BCUT2D eigenvalue weighted by molar-refractivity contribution is -0.154. The molecule has 0 aliphatic carbocycles. The van der Waals surface area contributed by atoms with Crippen molar-refractivity contribution in [2.75, 3.05) is 19.7 Å². The molecule has 4 aromatic rings. The van der Waals surface area contributed by atoms with Gasteiger partial charge in [-0.25, -0.2) is 0 Å². The average Bonchev–Trinajstić information content (AvgIpc) is 3.01. The molecule has 0 spiro atoms. The summed E-state index contributed by atoms with van der Waals surface area (Å²) < 4.78 is 5.54. The lowest BCUT2D eigenvalue weighted by Crippen LogP contribution is -2.50. The molecule has 204 valence electrons. The van der Waals surface area contributed by atoms with Crippen LogP contribution in [-0.2, 0) is 25.2 Å². The third-order valence-corrected chi connectivity index (χ3v) is 8.50. The van der Waals surface area contributed by atoms with Gasteiger partial charge in [0.1, 0.15) is 0 Å². The van der Waals surface area contributed by atoms with E-state index in [2.05, 4.69) is 36.4 Å². The van der Waals surface area contributed by atoms with Crippen molar-refractivity contribution >= 4 is 23.5 Å². The zero-order valence-corrected chi connectivity index (χ0v) is 23.5. The molecule has 0 unspecified atom stereocenters. The smallest absolute Gasteiger partial charge is 0.316 e. The van der Waals surface area contributed by atoms with Gasteiger partial charge in [0.05, 0.1) is 17.4 Å². The molecule has 0 aromatic heterocycles. The number of carbonyl (C=O) groups excluding carboxylic acids is 2. The molecule has 4 nitrogen and oxygen atoms in total. The summed E-state index contributed by atoms with van der Waals surface area (Å²) in [5.41, 5.74) is 2.63. The second-order valence-electron chi connectivity index (χ2n) is 10.4. The summed E-state index contributed by atoms with van der Waals surface area (Å²) in [5.74, 6) is -0.179. The molecule has 0 N–H and O–H groups in total. The van der Waals surface area contributed by atoms with Crippen molar-refractivity contribution in [2.24, 2.45) is 0 Å². The lowest BCUT2D eigenvalue weighted by Gasteiger charge is -2.42. The third kappa shape index (κ3) is 5.29. The highest BCUT2D eigenvalue weighted by Gasteiger charge is 2.46. The molecule has 1 saturated heterocycles. The van der Waals surface area contributed by atoms with Crippen molar-refractivity contribution in [1.29, 1.82) is 0 Å². The summed E-state index contributed by atoms with van der Waals surface area (Å²) in [5, 5.41) is 0.620. The van der Waals surface area contributed by atoms with Crippen LogP contribution >= 0.6 is 11.6 Å². The number of piperidine rings is 1. The van der Waals surface area contributed by atoms with Crippen molar-refractivity contribution in [3.8, 4) is 0 Å². The van der Waals surface area contributed by atoms with Gasteiger partial charge in [-0.1, -0.05) is 115 Å². The predicted octanol–water partition coefficient (Wildman–Crippen LogP) is 7.19. The van der Waals surface area contributed by atoms with Gasteiger partial charge < -0.3 is 9.64 Å². The molecule has 1 heterocycles. The minimum absolute atomic E-state index is 0.0603. The van der Waals surface area contributed by atoms with E-state index in [1.54, 1.807) is 0 Å². The Kier molecular flexibility index (Phi) is 8.37. The molecule has 1 aliphatic heterocycles. The molecule has 5 heteroatoms. The second-order valence-corrected chi connectivity index (χ2v) is 10.8. The summed E-state index contributed by atoms with van der Waals surface area (Å²) in [6.07, 6.45) is 1.26. The maximum Gasteiger partial charge on any atom is 0.316 e. The molecule has 0 saturated carbocycles. The molecule has 0 bridgehead atoms. The van der Waals surface area contributed by atoms with Crippen molar-refractivity contribution in [1.82, 2.24) is 4.90 Å². The molecule has 0 atom stereocenters. The SMILES string of the molecule is CCOC(=O)C1(c2ccc(Cl)cc2)CCN(C(=O)CC(c2ccccc2)(c2ccccc2)c2ccccc2)CC1. The maximum atomic E-state index is 14.2. The summed E-state index contributed by atoms with van der Waals surface area (Å²) in [6.45, 7) is 3.07. The summed E-state index contributed by atoms with van der Waals surface area (Å²) in [4.78, 5) is 29.4. The van der Waals surface area contributed by atoms with Crippen LogP contribution in [0.5, 0.6) is 0 Å². The zero-order chi connectivity index (χ0) is 28.0. The van der Waals surface area contributed by atoms with E-state index < -0.39 is 10.8 Å².